The molecule has 6 nitrogen and oxygen atoms in total. The maximum atomic E-state index is 12.8. The van der Waals surface area contributed by atoms with Gasteiger partial charge in [0.1, 0.15) is 0 Å². The van der Waals surface area contributed by atoms with Crippen molar-refractivity contribution in [1.82, 2.24) is 4.90 Å². The lowest BCUT2D eigenvalue weighted by Crippen LogP contribution is -2.51. The third-order valence-electron chi connectivity index (χ3n) is 5.37. The topological polar surface area (TPSA) is 59.1 Å². The van der Waals surface area contributed by atoms with Gasteiger partial charge in [0.15, 0.2) is 5.92 Å². The van der Waals surface area contributed by atoms with E-state index in [4.69, 9.17) is 9.47 Å². The minimum atomic E-state index is -1.02. The standard InChI is InChI=1S/C24H30N2O4/c1-3-29-23(27)21(24(28)30-4-2)22(19-11-7-5-8-12-19)26-17-15-25(16-18-26)20-13-9-6-10-14-20/h5-14,21-22H,3-4,15-18H2,1-2H3/t22-/m1/s1. The SMILES string of the molecule is CCOC(=O)C(C(=O)OCC)[C@@H](c1ccccc1)N1CCN(c2ccccc2)CC1. The summed E-state index contributed by atoms with van der Waals surface area (Å²) in [5, 5.41) is 0. The zero-order valence-electron chi connectivity index (χ0n) is 17.7. The maximum Gasteiger partial charge on any atom is 0.322 e. The second kappa shape index (κ2) is 10.8. The first-order chi connectivity index (χ1) is 14.7. The number of hydrogen-bond donors (Lipinski definition) is 0. The molecule has 3 rings (SSSR count). The molecule has 2 aromatic carbocycles. The molecule has 1 atom stereocenters. The molecule has 0 aromatic heterocycles. The summed E-state index contributed by atoms with van der Waals surface area (Å²) in [6.45, 7) is 7.01. The van der Waals surface area contributed by atoms with Crippen molar-refractivity contribution in [1.29, 1.82) is 0 Å². The van der Waals surface area contributed by atoms with Crippen molar-refractivity contribution in [2.75, 3.05) is 44.3 Å². The van der Waals surface area contributed by atoms with Gasteiger partial charge in [-0.1, -0.05) is 48.5 Å². The lowest BCUT2D eigenvalue weighted by atomic mass is 9.90. The molecule has 1 fully saturated rings. The Morgan fingerprint density at radius 2 is 1.30 bits per heavy atom. The predicted octanol–water partition coefficient (Wildman–Crippen LogP) is 3.29. The molecule has 0 amide bonds. The molecule has 1 aliphatic heterocycles. The first-order valence-corrected chi connectivity index (χ1v) is 10.6. The van der Waals surface area contributed by atoms with Crippen LogP contribution in [0.3, 0.4) is 0 Å². The first-order valence-electron chi connectivity index (χ1n) is 10.6. The highest BCUT2D eigenvalue weighted by Crippen LogP contribution is 2.32. The second-order valence-electron chi connectivity index (χ2n) is 7.20. The van der Waals surface area contributed by atoms with Crippen LogP contribution in [0.2, 0.25) is 0 Å². The van der Waals surface area contributed by atoms with Crippen LogP contribution in [0.25, 0.3) is 0 Å². The Morgan fingerprint density at radius 1 is 0.800 bits per heavy atom. The molecule has 6 heteroatoms. The predicted molar refractivity (Wildman–Crippen MR) is 116 cm³/mol. The minimum absolute atomic E-state index is 0.220. The number of piperazine rings is 1. The summed E-state index contributed by atoms with van der Waals surface area (Å²) in [6.07, 6.45) is 0. The largest absolute Gasteiger partial charge is 0.465 e. The van der Waals surface area contributed by atoms with Crippen LogP contribution in [0.4, 0.5) is 5.69 Å². The molecule has 1 heterocycles. The number of hydrogen-bond acceptors (Lipinski definition) is 6. The van der Waals surface area contributed by atoms with Crippen molar-refractivity contribution in [3.63, 3.8) is 0 Å². The van der Waals surface area contributed by atoms with E-state index in [9.17, 15) is 9.59 Å². The Hall–Kier alpha value is -2.86. The lowest BCUT2D eigenvalue weighted by Gasteiger charge is -2.42. The number of carbonyl (C=O) groups excluding carboxylic acids is 2. The molecule has 0 spiro atoms. The summed E-state index contributed by atoms with van der Waals surface area (Å²) >= 11 is 0. The van der Waals surface area contributed by atoms with Crippen LogP contribution in [0.5, 0.6) is 0 Å². The van der Waals surface area contributed by atoms with Crippen molar-refractivity contribution >= 4 is 17.6 Å². The number of anilines is 1. The van der Waals surface area contributed by atoms with Crippen LogP contribution in [-0.2, 0) is 19.1 Å². The number of para-hydroxylation sites is 1. The molecule has 160 valence electrons. The molecule has 0 unspecified atom stereocenters. The molecule has 30 heavy (non-hydrogen) atoms. The summed E-state index contributed by atoms with van der Waals surface area (Å²) < 4.78 is 10.6. The Labute approximate surface area is 178 Å². The minimum Gasteiger partial charge on any atom is -0.465 e. The van der Waals surface area contributed by atoms with Gasteiger partial charge in [-0.05, 0) is 31.5 Å². The van der Waals surface area contributed by atoms with E-state index < -0.39 is 23.9 Å². The summed E-state index contributed by atoms with van der Waals surface area (Å²) in [7, 11) is 0. The molecule has 2 aromatic rings. The third-order valence-corrected chi connectivity index (χ3v) is 5.37. The Bertz CT molecular complexity index is 786. The van der Waals surface area contributed by atoms with E-state index in [0.29, 0.717) is 0 Å². The van der Waals surface area contributed by atoms with E-state index in [-0.39, 0.29) is 13.2 Å². The highest BCUT2D eigenvalue weighted by Gasteiger charge is 2.42. The smallest absolute Gasteiger partial charge is 0.322 e. The van der Waals surface area contributed by atoms with Crippen LogP contribution in [0.15, 0.2) is 60.7 Å². The number of nitrogens with zero attached hydrogens (tertiary/aromatic N) is 2. The number of ether oxygens (including phenoxy) is 2. The fourth-order valence-electron chi connectivity index (χ4n) is 3.98. The molecule has 0 aliphatic carbocycles. The van der Waals surface area contributed by atoms with E-state index in [1.165, 1.54) is 5.69 Å². The van der Waals surface area contributed by atoms with Crippen molar-refractivity contribution in [3.8, 4) is 0 Å². The Kier molecular flexibility index (Phi) is 7.85. The fraction of sp³-hybridized carbons (Fsp3) is 0.417. The molecular weight excluding hydrogens is 380 g/mol. The lowest BCUT2D eigenvalue weighted by molar-refractivity contribution is -0.165. The molecule has 0 bridgehead atoms. The van der Waals surface area contributed by atoms with E-state index in [1.54, 1.807) is 13.8 Å². The van der Waals surface area contributed by atoms with Gasteiger partial charge < -0.3 is 14.4 Å². The molecule has 0 saturated carbocycles. The monoisotopic (exact) mass is 410 g/mol. The molecule has 0 radical (unpaired) electrons. The Balaban J connectivity index is 1.87. The van der Waals surface area contributed by atoms with E-state index in [0.717, 1.165) is 31.7 Å². The van der Waals surface area contributed by atoms with E-state index in [1.807, 2.05) is 48.5 Å². The maximum absolute atomic E-state index is 12.8. The second-order valence-corrected chi connectivity index (χ2v) is 7.20. The van der Waals surface area contributed by atoms with Gasteiger partial charge in [0.2, 0.25) is 0 Å². The van der Waals surface area contributed by atoms with Crippen LogP contribution >= 0.6 is 0 Å². The average Bonchev–Trinajstić information content (AvgIpc) is 2.79. The normalized spacial score (nSPS) is 15.6. The van der Waals surface area contributed by atoms with Crippen molar-refractivity contribution in [3.05, 3.63) is 66.2 Å². The summed E-state index contributed by atoms with van der Waals surface area (Å²) in [5.74, 6) is -2.08. The average molecular weight is 411 g/mol. The van der Waals surface area contributed by atoms with Gasteiger partial charge in [-0.15, -0.1) is 0 Å². The summed E-state index contributed by atoms with van der Waals surface area (Å²) in [6, 6.07) is 19.5. The zero-order valence-corrected chi connectivity index (χ0v) is 17.7. The van der Waals surface area contributed by atoms with Crippen molar-refractivity contribution < 1.29 is 19.1 Å². The van der Waals surface area contributed by atoms with E-state index in [2.05, 4.69) is 21.9 Å². The van der Waals surface area contributed by atoms with Gasteiger partial charge in [0, 0.05) is 31.9 Å². The van der Waals surface area contributed by atoms with Gasteiger partial charge in [-0.25, -0.2) is 0 Å². The molecule has 1 aliphatic rings. The zero-order chi connectivity index (χ0) is 21.3. The summed E-state index contributed by atoms with van der Waals surface area (Å²) in [5.41, 5.74) is 2.09. The van der Waals surface area contributed by atoms with Gasteiger partial charge in [-0.3, -0.25) is 14.5 Å². The molecular formula is C24H30N2O4. The molecule has 0 N–H and O–H groups in total. The third kappa shape index (κ3) is 5.19. The van der Waals surface area contributed by atoms with Crippen molar-refractivity contribution in [2.45, 2.75) is 19.9 Å². The number of benzene rings is 2. The Morgan fingerprint density at radius 3 is 1.80 bits per heavy atom. The first kappa shape index (κ1) is 21.8. The summed E-state index contributed by atoms with van der Waals surface area (Å²) in [4.78, 5) is 30.2. The van der Waals surface area contributed by atoms with Gasteiger partial charge in [0.25, 0.3) is 0 Å². The fourth-order valence-corrected chi connectivity index (χ4v) is 3.98. The van der Waals surface area contributed by atoms with Crippen LogP contribution in [0, 0.1) is 5.92 Å². The highest BCUT2D eigenvalue weighted by atomic mass is 16.6. The van der Waals surface area contributed by atoms with Gasteiger partial charge in [-0.2, -0.15) is 0 Å². The highest BCUT2D eigenvalue weighted by molar-refractivity contribution is 5.96. The van der Waals surface area contributed by atoms with E-state index >= 15 is 0 Å². The van der Waals surface area contributed by atoms with Crippen molar-refractivity contribution in [2.24, 2.45) is 5.92 Å². The van der Waals surface area contributed by atoms with Crippen LogP contribution < -0.4 is 4.90 Å². The van der Waals surface area contributed by atoms with Gasteiger partial charge in [0.05, 0.1) is 19.3 Å². The van der Waals surface area contributed by atoms with Crippen LogP contribution in [0.1, 0.15) is 25.5 Å². The van der Waals surface area contributed by atoms with Crippen LogP contribution in [-0.4, -0.2) is 56.2 Å². The molecule has 1 saturated heterocycles. The quantitative estimate of drug-likeness (QED) is 0.492. The number of esters is 2. The number of carbonyl (C=O) groups is 2. The number of rotatable bonds is 8. The van der Waals surface area contributed by atoms with Gasteiger partial charge >= 0.3 is 11.9 Å².